The second-order valence-electron chi connectivity index (χ2n) is 7.47. The summed E-state index contributed by atoms with van der Waals surface area (Å²) in [5, 5.41) is 0. The maximum absolute atomic E-state index is 12.9. The molecular formula is C19H27N3O2. The molecule has 3 fully saturated rings. The fourth-order valence-electron chi connectivity index (χ4n) is 4.52. The molecule has 1 aromatic carbocycles. The number of fused-ring (bicyclic) bond motifs is 1. The zero-order valence-corrected chi connectivity index (χ0v) is 14.2. The predicted octanol–water partition coefficient (Wildman–Crippen LogP) is 1.54. The van der Waals surface area contributed by atoms with E-state index in [4.69, 9.17) is 10.5 Å². The Morgan fingerprint density at radius 2 is 1.88 bits per heavy atom. The number of benzene rings is 1. The molecular weight excluding hydrogens is 302 g/mol. The van der Waals surface area contributed by atoms with Gasteiger partial charge in [0.1, 0.15) is 0 Å². The fraction of sp³-hybridized carbons (Fsp3) is 0.632. The number of nitrogens with zero attached hydrogens (tertiary/aromatic N) is 2. The van der Waals surface area contributed by atoms with E-state index in [-0.39, 0.29) is 11.9 Å². The Labute approximate surface area is 143 Å². The second-order valence-corrected chi connectivity index (χ2v) is 7.47. The number of morpholine rings is 1. The Bertz CT molecular complexity index is 586. The molecule has 0 spiro atoms. The van der Waals surface area contributed by atoms with Crippen LogP contribution < -0.4 is 5.73 Å². The third-order valence-corrected chi connectivity index (χ3v) is 5.91. The smallest absolute Gasteiger partial charge is 0.242 e. The highest BCUT2D eigenvalue weighted by atomic mass is 16.5. The van der Waals surface area contributed by atoms with Gasteiger partial charge in [0.2, 0.25) is 5.91 Å². The predicted molar refractivity (Wildman–Crippen MR) is 92.5 cm³/mol. The summed E-state index contributed by atoms with van der Waals surface area (Å²) in [6.45, 7) is 3.84. The van der Waals surface area contributed by atoms with E-state index in [2.05, 4.69) is 29.2 Å². The monoisotopic (exact) mass is 329 g/mol. The van der Waals surface area contributed by atoms with Gasteiger partial charge in [-0.15, -0.1) is 0 Å². The molecule has 2 atom stereocenters. The average Bonchev–Trinajstić information content (AvgIpc) is 3.08. The van der Waals surface area contributed by atoms with Crippen LogP contribution in [-0.4, -0.2) is 60.1 Å². The maximum Gasteiger partial charge on any atom is 0.242 e. The van der Waals surface area contributed by atoms with Crippen molar-refractivity contribution in [3.8, 4) is 0 Å². The van der Waals surface area contributed by atoms with Gasteiger partial charge in [0.15, 0.2) is 0 Å². The first-order chi connectivity index (χ1) is 11.7. The number of hydrogen-bond donors (Lipinski definition) is 1. The highest BCUT2D eigenvalue weighted by Crippen LogP contribution is 2.33. The Morgan fingerprint density at radius 3 is 2.62 bits per heavy atom. The first kappa shape index (κ1) is 16.1. The van der Waals surface area contributed by atoms with Gasteiger partial charge in [-0.3, -0.25) is 9.69 Å². The summed E-state index contributed by atoms with van der Waals surface area (Å²) in [6.07, 6.45) is 3.81. The molecule has 5 heteroatoms. The summed E-state index contributed by atoms with van der Waals surface area (Å²) in [7, 11) is 0. The van der Waals surface area contributed by atoms with Gasteiger partial charge in [-0.05, 0) is 18.4 Å². The van der Waals surface area contributed by atoms with E-state index in [1.807, 2.05) is 11.0 Å². The van der Waals surface area contributed by atoms with Gasteiger partial charge in [-0.1, -0.05) is 43.2 Å². The van der Waals surface area contributed by atoms with Crippen molar-refractivity contribution in [3.05, 3.63) is 35.9 Å². The van der Waals surface area contributed by atoms with Gasteiger partial charge < -0.3 is 15.4 Å². The lowest BCUT2D eigenvalue weighted by Crippen LogP contribution is -2.64. The van der Waals surface area contributed by atoms with Crippen LogP contribution in [0.4, 0.5) is 0 Å². The lowest BCUT2D eigenvalue weighted by molar-refractivity contribution is -0.145. The summed E-state index contributed by atoms with van der Waals surface area (Å²) >= 11 is 0. The average molecular weight is 329 g/mol. The third-order valence-electron chi connectivity index (χ3n) is 5.91. The lowest BCUT2D eigenvalue weighted by atomic mass is 9.95. The highest BCUT2D eigenvalue weighted by molar-refractivity contribution is 5.86. The van der Waals surface area contributed by atoms with Gasteiger partial charge in [-0.2, -0.15) is 0 Å². The number of amides is 1. The van der Waals surface area contributed by atoms with Gasteiger partial charge in [0, 0.05) is 19.6 Å². The topological polar surface area (TPSA) is 58.8 Å². The van der Waals surface area contributed by atoms with Crippen LogP contribution >= 0.6 is 0 Å². The molecule has 4 rings (SSSR count). The van der Waals surface area contributed by atoms with Crippen LogP contribution in [0.2, 0.25) is 0 Å². The molecule has 1 aromatic rings. The normalized spacial score (nSPS) is 30.1. The quantitative estimate of drug-likeness (QED) is 0.894. The van der Waals surface area contributed by atoms with Crippen LogP contribution in [-0.2, 0) is 9.53 Å². The zero-order chi connectivity index (χ0) is 16.6. The third kappa shape index (κ3) is 2.85. The van der Waals surface area contributed by atoms with Crippen molar-refractivity contribution in [1.29, 1.82) is 0 Å². The van der Waals surface area contributed by atoms with Gasteiger partial charge in [-0.25, -0.2) is 0 Å². The maximum atomic E-state index is 12.9. The van der Waals surface area contributed by atoms with E-state index in [9.17, 15) is 4.79 Å². The standard InChI is InChI=1S/C19H27N3O2/c20-19(8-4-5-9-19)18(23)21-10-11-22-16(12-21)13-24-14-17(22)15-6-2-1-3-7-15/h1-3,6-7,16-17H,4-5,8-14,20H2/t16-,17-/m1/s1. The van der Waals surface area contributed by atoms with Crippen LogP contribution in [0.25, 0.3) is 0 Å². The number of ether oxygens (including phenoxy) is 1. The minimum absolute atomic E-state index is 0.154. The molecule has 1 saturated carbocycles. The highest BCUT2D eigenvalue weighted by Gasteiger charge is 2.44. The molecule has 2 aliphatic heterocycles. The fourth-order valence-corrected chi connectivity index (χ4v) is 4.52. The summed E-state index contributed by atoms with van der Waals surface area (Å²) in [5.41, 5.74) is 7.07. The van der Waals surface area contributed by atoms with Crippen LogP contribution in [0.15, 0.2) is 30.3 Å². The molecule has 2 saturated heterocycles. The lowest BCUT2D eigenvalue weighted by Gasteiger charge is -2.49. The first-order valence-electron chi connectivity index (χ1n) is 9.14. The molecule has 0 unspecified atom stereocenters. The first-order valence-corrected chi connectivity index (χ1v) is 9.14. The SMILES string of the molecule is NC1(C(=O)N2CCN3[C@@H](COC[C@@H]3c3ccccc3)C2)CCCC1. The zero-order valence-electron chi connectivity index (χ0n) is 14.2. The minimum atomic E-state index is -0.615. The Kier molecular flexibility index (Phi) is 4.33. The van der Waals surface area contributed by atoms with Crippen LogP contribution in [0.1, 0.15) is 37.3 Å². The van der Waals surface area contributed by atoms with Gasteiger partial charge in [0.25, 0.3) is 0 Å². The summed E-state index contributed by atoms with van der Waals surface area (Å²) in [6, 6.07) is 11.1. The molecule has 2 N–H and O–H groups in total. The molecule has 3 aliphatic rings. The van der Waals surface area contributed by atoms with E-state index in [0.717, 1.165) is 51.9 Å². The Balaban J connectivity index is 1.47. The van der Waals surface area contributed by atoms with E-state index in [0.29, 0.717) is 12.6 Å². The van der Waals surface area contributed by atoms with E-state index < -0.39 is 5.54 Å². The molecule has 24 heavy (non-hydrogen) atoms. The second kappa shape index (κ2) is 6.47. The van der Waals surface area contributed by atoms with Crippen LogP contribution in [0.3, 0.4) is 0 Å². The number of hydrogen-bond acceptors (Lipinski definition) is 4. The number of rotatable bonds is 2. The Hall–Kier alpha value is -1.43. The van der Waals surface area contributed by atoms with Crippen molar-refractivity contribution in [1.82, 2.24) is 9.80 Å². The molecule has 1 amide bonds. The minimum Gasteiger partial charge on any atom is -0.378 e. The number of piperazine rings is 1. The van der Waals surface area contributed by atoms with Crippen LogP contribution in [0.5, 0.6) is 0 Å². The molecule has 5 nitrogen and oxygen atoms in total. The number of carbonyl (C=O) groups excluding carboxylic acids is 1. The molecule has 130 valence electrons. The largest absolute Gasteiger partial charge is 0.378 e. The van der Waals surface area contributed by atoms with E-state index >= 15 is 0 Å². The van der Waals surface area contributed by atoms with E-state index in [1.54, 1.807) is 0 Å². The van der Waals surface area contributed by atoms with Crippen molar-refractivity contribution >= 4 is 5.91 Å². The molecule has 0 bridgehead atoms. The molecule has 0 aromatic heterocycles. The molecule has 1 aliphatic carbocycles. The summed E-state index contributed by atoms with van der Waals surface area (Å²) in [4.78, 5) is 17.4. The van der Waals surface area contributed by atoms with Gasteiger partial charge in [0.05, 0.1) is 30.8 Å². The summed E-state index contributed by atoms with van der Waals surface area (Å²) < 4.78 is 5.87. The van der Waals surface area contributed by atoms with E-state index in [1.165, 1.54) is 5.56 Å². The molecule has 2 heterocycles. The van der Waals surface area contributed by atoms with Crippen molar-refractivity contribution in [3.63, 3.8) is 0 Å². The molecule has 0 radical (unpaired) electrons. The van der Waals surface area contributed by atoms with Crippen LogP contribution in [0, 0.1) is 0 Å². The van der Waals surface area contributed by atoms with Crippen molar-refractivity contribution in [2.45, 2.75) is 43.3 Å². The summed E-state index contributed by atoms with van der Waals surface area (Å²) in [5.74, 6) is 0.154. The van der Waals surface area contributed by atoms with Crippen molar-refractivity contribution in [2.75, 3.05) is 32.8 Å². The van der Waals surface area contributed by atoms with Crippen molar-refractivity contribution < 1.29 is 9.53 Å². The number of carbonyl (C=O) groups is 1. The number of nitrogens with two attached hydrogens (primary N) is 1. The van der Waals surface area contributed by atoms with Gasteiger partial charge >= 0.3 is 0 Å². The van der Waals surface area contributed by atoms with Crippen molar-refractivity contribution in [2.24, 2.45) is 5.73 Å². The Morgan fingerprint density at radius 1 is 1.12 bits per heavy atom.